The highest BCUT2D eigenvalue weighted by Crippen LogP contribution is 2.12. The minimum absolute atomic E-state index is 0.0251. The van der Waals surface area contributed by atoms with E-state index in [0.717, 1.165) is 0 Å². The number of esters is 1. The first kappa shape index (κ1) is 20.0. The van der Waals surface area contributed by atoms with Gasteiger partial charge < -0.3 is 15.0 Å². The number of benzene rings is 1. The summed E-state index contributed by atoms with van der Waals surface area (Å²) < 4.78 is 4.79. The molecule has 132 valence electrons. The fourth-order valence-corrected chi connectivity index (χ4v) is 2.63. The average molecular weight is 352 g/mol. The fraction of sp³-hybridized carbons (Fsp3) is 0.471. The molecule has 0 fully saturated rings. The number of rotatable bonds is 9. The lowest BCUT2D eigenvalue weighted by Gasteiger charge is -2.18. The van der Waals surface area contributed by atoms with E-state index in [1.807, 2.05) is 13.8 Å². The fourth-order valence-electron chi connectivity index (χ4n) is 2.02. The van der Waals surface area contributed by atoms with Crippen LogP contribution in [0.1, 0.15) is 31.1 Å². The first-order valence-corrected chi connectivity index (χ1v) is 9.09. The second-order valence-electron chi connectivity index (χ2n) is 4.90. The third kappa shape index (κ3) is 6.62. The van der Waals surface area contributed by atoms with Crippen LogP contribution in [-0.2, 0) is 14.3 Å². The van der Waals surface area contributed by atoms with Gasteiger partial charge in [-0.2, -0.15) is 0 Å². The largest absolute Gasteiger partial charge is 0.465 e. The lowest BCUT2D eigenvalue weighted by molar-refractivity contribution is -0.139. The smallest absolute Gasteiger partial charge is 0.315 e. The summed E-state index contributed by atoms with van der Waals surface area (Å²) in [6.07, 6.45) is 0. The summed E-state index contributed by atoms with van der Waals surface area (Å²) in [5.74, 6) is -0.234. The number of hydrogen-bond donors (Lipinski definition) is 1. The SMILES string of the molecule is CCOC(=O)CSCC(=O)Nc1ccc(C(=O)N(CC)CC)cc1. The van der Waals surface area contributed by atoms with E-state index in [-0.39, 0.29) is 29.3 Å². The molecule has 0 aliphatic heterocycles. The predicted molar refractivity (Wildman–Crippen MR) is 96.3 cm³/mol. The van der Waals surface area contributed by atoms with Gasteiger partial charge in [0.05, 0.1) is 18.1 Å². The Bertz CT molecular complexity index is 556. The molecule has 0 aromatic heterocycles. The molecule has 0 radical (unpaired) electrons. The van der Waals surface area contributed by atoms with Gasteiger partial charge in [-0.3, -0.25) is 14.4 Å². The Morgan fingerprint density at radius 2 is 1.67 bits per heavy atom. The van der Waals surface area contributed by atoms with Gasteiger partial charge in [0.2, 0.25) is 5.91 Å². The first-order valence-electron chi connectivity index (χ1n) is 7.94. The van der Waals surface area contributed by atoms with Gasteiger partial charge in [0.15, 0.2) is 0 Å². The van der Waals surface area contributed by atoms with Crippen molar-refractivity contribution in [1.82, 2.24) is 4.90 Å². The van der Waals surface area contributed by atoms with Crippen molar-refractivity contribution < 1.29 is 19.1 Å². The van der Waals surface area contributed by atoms with Crippen molar-refractivity contribution >= 4 is 35.2 Å². The van der Waals surface area contributed by atoms with Gasteiger partial charge in [-0.25, -0.2) is 0 Å². The third-order valence-corrected chi connectivity index (χ3v) is 4.13. The van der Waals surface area contributed by atoms with Crippen LogP contribution in [0.25, 0.3) is 0 Å². The quantitative estimate of drug-likeness (QED) is 0.691. The summed E-state index contributed by atoms with van der Waals surface area (Å²) in [5, 5.41) is 2.73. The van der Waals surface area contributed by atoms with Crippen molar-refractivity contribution in [2.24, 2.45) is 0 Å². The minimum Gasteiger partial charge on any atom is -0.465 e. The first-order chi connectivity index (χ1) is 11.5. The van der Waals surface area contributed by atoms with Crippen molar-refractivity contribution in [1.29, 1.82) is 0 Å². The number of nitrogens with zero attached hydrogens (tertiary/aromatic N) is 1. The molecule has 1 aromatic carbocycles. The van der Waals surface area contributed by atoms with E-state index in [0.29, 0.717) is 30.9 Å². The molecule has 7 heteroatoms. The summed E-state index contributed by atoms with van der Waals surface area (Å²) in [6.45, 7) is 7.26. The van der Waals surface area contributed by atoms with Crippen LogP contribution in [0.15, 0.2) is 24.3 Å². The van der Waals surface area contributed by atoms with Crippen molar-refractivity contribution in [2.75, 3.05) is 36.5 Å². The van der Waals surface area contributed by atoms with Gasteiger partial charge in [0, 0.05) is 24.3 Å². The summed E-state index contributed by atoms with van der Waals surface area (Å²) in [6, 6.07) is 6.79. The Morgan fingerprint density at radius 3 is 2.21 bits per heavy atom. The van der Waals surface area contributed by atoms with E-state index in [9.17, 15) is 14.4 Å². The number of amides is 2. The van der Waals surface area contributed by atoms with Gasteiger partial charge in [-0.1, -0.05) is 0 Å². The molecule has 0 heterocycles. The molecule has 0 saturated heterocycles. The molecule has 0 aliphatic carbocycles. The maximum absolute atomic E-state index is 12.2. The van der Waals surface area contributed by atoms with Crippen molar-refractivity contribution in [2.45, 2.75) is 20.8 Å². The lowest BCUT2D eigenvalue weighted by atomic mass is 10.2. The standard InChI is InChI=1S/C17H24N2O4S/c1-4-19(5-2)17(22)13-7-9-14(10-8-13)18-15(20)11-24-12-16(21)23-6-3/h7-10H,4-6,11-12H2,1-3H3,(H,18,20). The van der Waals surface area contributed by atoms with Crippen molar-refractivity contribution in [3.8, 4) is 0 Å². The Morgan fingerprint density at radius 1 is 1.04 bits per heavy atom. The zero-order valence-electron chi connectivity index (χ0n) is 14.3. The van der Waals surface area contributed by atoms with E-state index >= 15 is 0 Å². The number of anilines is 1. The van der Waals surface area contributed by atoms with Crippen LogP contribution < -0.4 is 5.32 Å². The molecule has 0 aliphatic rings. The van der Waals surface area contributed by atoms with Gasteiger partial charge >= 0.3 is 5.97 Å². The molecule has 1 rings (SSSR count). The van der Waals surface area contributed by atoms with E-state index in [2.05, 4.69) is 5.32 Å². The number of carbonyl (C=O) groups is 3. The number of ether oxygens (including phenoxy) is 1. The topological polar surface area (TPSA) is 75.7 Å². The zero-order chi connectivity index (χ0) is 17.9. The van der Waals surface area contributed by atoms with Gasteiger partial charge in [-0.15, -0.1) is 11.8 Å². The lowest BCUT2D eigenvalue weighted by Crippen LogP contribution is -2.30. The highest BCUT2D eigenvalue weighted by atomic mass is 32.2. The molecule has 2 amide bonds. The maximum atomic E-state index is 12.2. The maximum Gasteiger partial charge on any atom is 0.315 e. The minimum atomic E-state index is -0.324. The summed E-state index contributed by atoms with van der Waals surface area (Å²) in [7, 11) is 0. The van der Waals surface area contributed by atoms with Crippen LogP contribution in [0.3, 0.4) is 0 Å². The number of hydrogen-bond acceptors (Lipinski definition) is 5. The second-order valence-corrected chi connectivity index (χ2v) is 5.89. The average Bonchev–Trinajstić information content (AvgIpc) is 2.56. The third-order valence-electron chi connectivity index (χ3n) is 3.22. The van der Waals surface area contributed by atoms with Crippen molar-refractivity contribution in [3.05, 3.63) is 29.8 Å². The predicted octanol–water partition coefficient (Wildman–Crippen LogP) is 2.40. The molecule has 0 bridgehead atoms. The number of nitrogens with one attached hydrogen (secondary N) is 1. The molecule has 1 N–H and O–H groups in total. The Balaban J connectivity index is 2.47. The van der Waals surface area contributed by atoms with Crippen LogP contribution in [0.5, 0.6) is 0 Å². The van der Waals surface area contributed by atoms with Crippen LogP contribution in [-0.4, -0.2) is 53.9 Å². The zero-order valence-corrected chi connectivity index (χ0v) is 15.1. The Labute approximate surface area is 146 Å². The van der Waals surface area contributed by atoms with Gasteiger partial charge in [0.1, 0.15) is 0 Å². The van der Waals surface area contributed by atoms with E-state index < -0.39 is 0 Å². The molecule has 0 atom stereocenters. The molecular weight excluding hydrogens is 328 g/mol. The number of thioether (sulfide) groups is 1. The Kier molecular flexibility index (Phi) is 8.93. The molecule has 0 unspecified atom stereocenters. The molecule has 0 spiro atoms. The van der Waals surface area contributed by atoms with Gasteiger partial charge in [-0.05, 0) is 45.0 Å². The summed E-state index contributed by atoms with van der Waals surface area (Å²) in [5.41, 5.74) is 1.21. The van der Waals surface area contributed by atoms with E-state index in [4.69, 9.17) is 4.74 Å². The summed E-state index contributed by atoms with van der Waals surface area (Å²) in [4.78, 5) is 36.9. The van der Waals surface area contributed by atoms with E-state index in [1.165, 1.54) is 11.8 Å². The summed E-state index contributed by atoms with van der Waals surface area (Å²) >= 11 is 1.20. The highest BCUT2D eigenvalue weighted by molar-refractivity contribution is 8.00. The monoisotopic (exact) mass is 352 g/mol. The van der Waals surface area contributed by atoms with Gasteiger partial charge in [0.25, 0.3) is 5.91 Å². The van der Waals surface area contributed by atoms with Crippen LogP contribution in [0, 0.1) is 0 Å². The molecule has 6 nitrogen and oxygen atoms in total. The second kappa shape index (κ2) is 10.7. The van der Waals surface area contributed by atoms with Crippen LogP contribution >= 0.6 is 11.8 Å². The molecular formula is C17H24N2O4S. The molecule has 0 saturated carbocycles. The van der Waals surface area contributed by atoms with Crippen molar-refractivity contribution in [3.63, 3.8) is 0 Å². The van der Waals surface area contributed by atoms with Crippen LogP contribution in [0.4, 0.5) is 5.69 Å². The molecule has 1 aromatic rings. The normalized spacial score (nSPS) is 10.1. The number of carbonyl (C=O) groups excluding carboxylic acids is 3. The Hall–Kier alpha value is -2.02. The molecule has 24 heavy (non-hydrogen) atoms. The van der Waals surface area contributed by atoms with Crippen LogP contribution in [0.2, 0.25) is 0 Å². The van der Waals surface area contributed by atoms with E-state index in [1.54, 1.807) is 36.1 Å². The highest BCUT2D eigenvalue weighted by Gasteiger charge is 2.12.